The lowest BCUT2D eigenvalue weighted by Crippen LogP contribution is -2.57. The van der Waals surface area contributed by atoms with Crippen LogP contribution in [0.1, 0.15) is 50.0 Å². The van der Waals surface area contributed by atoms with Gasteiger partial charge >= 0.3 is 0 Å². The second kappa shape index (κ2) is 8.38. The van der Waals surface area contributed by atoms with Crippen LogP contribution in [-0.2, 0) is 15.7 Å². The molecule has 0 radical (unpaired) electrons. The maximum atomic E-state index is 11.8. The largest absolute Gasteiger partial charge is 0.478 e. The zero-order valence-electron chi connectivity index (χ0n) is 15.6. The summed E-state index contributed by atoms with van der Waals surface area (Å²) < 4.78 is 27.6. The molecule has 0 spiro atoms. The molecule has 1 aromatic carbocycles. The fraction of sp³-hybridized carbons (Fsp3) is 0.700. The van der Waals surface area contributed by atoms with Crippen LogP contribution in [0, 0.1) is 0 Å². The first-order chi connectivity index (χ1) is 12.7. The predicted molar refractivity (Wildman–Crippen MR) is 104 cm³/mol. The third kappa shape index (κ3) is 4.14. The van der Waals surface area contributed by atoms with Crippen molar-refractivity contribution in [3.8, 4) is 5.75 Å². The number of para-hydroxylation sites is 1. The van der Waals surface area contributed by atoms with E-state index in [1.54, 1.807) is 6.26 Å². The lowest BCUT2D eigenvalue weighted by Gasteiger charge is -2.42. The minimum Gasteiger partial charge on any atom is -0.478 e. The monoisotopic (exact) mass is 378 g/mol. The third-order valence-electron chi connectivity index (χ3n) is 6.13. The van der Waals surface area contributed by atoms with E-state index in [9.17, 15) is 4.21 Å². The second-order valence-electron chi connectivity index (χ2n) is 7.82. The van der Waals surface area contributed by atoms with Gasteiger partial charge in [-0.3, -0.25) is 4.90 Å². The molecule has 0 amide bonds. The number of benzene rings is 1. The van der Waals surface area contributed by atoms with E-state index in [-0.39, 0.29) is 12.1 Å². The highest BCUT2D eigenvalue weighted by atomic mass is 32.2. The van der Waals surface area contributed by atoms with Crippen LogP contribution < -0.4 is 9.46 Å². The van der Waals surface area contributed by atoms with E-state index < -0.39 is 11.0 Å². The summed E-state index contributed by atoms with van der Waals surface area (Å²) in [6, 6.07) is 8.92. The topological polar surface area (TPSA) is 50.8 Å². The lowest BCUT2D eigenvalue weighted by atomic mass is 9.82. The Bertz CT molecular complexity index is 633. The molecule has 3 unspecified atom stereocenters. The molecule has 2 fully saturated rings. The van der Waals surface area contributed by atoms with Gasteiger partial charge < -0.3 is 9.47 Å². The van der Waals surface area contributed by atoms with Gasteiger partial charge in [-0.05, 0) is 56.1 Å². The van der Waals surface area contributed by atoms with Crippen molar-refractivity contribution in [3.05, 3.63) is 29.8 Å². The van der Waals surface area contributed by atoms with E-state index in [0.717, 1.165) is 38.0 Å². The average molecular weight is 379 g/mol. The van der Waals surface area contributed by atoms with Gasteiger partial charge in [-0.25, -0.2) is 8.93 Å². The van der Waals surface area contributed by atoms with Crippen LogP contribution >= 0.6 is 0 Å². The molecule has 0 aromatic heterocycles. The molecule has 26 heavy (non-hydrogen) atoms. The molecule has 3 heterocycles. The van der Waals surface area contributed by atoms with Gasteiger partial charge in [0.2, 0.25) is 0 Å². The summed E-state index contributed by atoms with van der Waals surface area (Å²) in [5.74, 6) is 1.62. The second-order valence-corrected chi connectivity index (χ2v) is 8.96. The number of ether oxygens (including phenoxy) is 2. The lowest BCUT2D eigenvalue weighted by molar-refractivity contribution is -0.0475. The van der Waals surface area contributed by atoms with Crippen molar-refractivity contribution in [1.82, 2.24) is 9.62 Å². The Morgan fingerprint density at radius 1 is 1.15 bits per heavy atom. The van der Waals surface area contributed by atoms with E-state index >= 15 is 0 Å². The van der Waals surface area contributed by atoms with Crippen molar-refractivity contribution in [2.75, 3.05) is 26.1 Å². The van der Waals surface area contributed by atoms with Gasteiger partial charge in [-0.15, -0.1) is 0 Å². The van der Waals surface area contributed by atoms with Crippen LogP contribution in [0.2, 0.25) is 0 Å². The summed E-state index contributed by atoms with van der Waals surface area (Å²) in [5.41, 5.74) is 1.35. The van der Waals surface area contributed by atoms with Crippen molar-refractivity contribution in [3.63, 3.8) is 0 Å². The predicted octanol–water partition coefficient (Wildman–Crippen LogP) is 2.80. The Hall–Kier alpha value is -0.950. The van der Waals surface area contributed by atoms with Crippen LogP contribution in [0.3, 0.4) is 0 Å². The first-order valence-electron chi connectivity index (χ1n) is 9.87. The molecule has 6 heteroatoms. The Labute approximate surface area is 159 Å². The Morgan fingerprint density at radius 3 is 2.77 bits per heavy atom. The molecule has 2 bridgehead atoms. The molecular formula is C20H30N2O3S. The molecular weight excluding hydrogens is 348 g/mol. The summed E-state index contributed by atoms with van der Waals surface area (Å²) >= 11 is 0. The molecule has 5 rings (SSSR count). The molecule has 1 N–H and O–H groups in total. The Morgan fingerprint density at radius 2 is 1.96 bits per heavy atom. The zero-order valence-corrected chi connectivity index (χ0v) is 16.4. The Balaban J connectivity index is 1.59. The maximum absolute atomic E-state index is 11.8. The molecule has 1 aromatic rings. The fourth-order valence-corrected chi connectivity index (χ4v) is 5.44. The van der Waals surface area contributed by atoms with E-state index in [1.807, 2.05) is 0 Å². The summed E-state index contributed by atoms with van der Waals surface area (Å²) in [5, 5.41) is 0. The van der Waals surface area contributed by atoms with Crippen LogP contribution in [0.15, 0.2) is 24.3 Å². The minimum atomic E-state index is -1.01. The van der Waals surface area contributed by atoms with Gasteiger partial charge in [-0.2, -0.15) is 0 Å². The van der Waals surface area contributed by atoms with Crippen LogP contribution in [-0.4, -0.2) is 53.4 Å². The standard InChI is InChI=1S/C20H30N2O3S/c1-26(23)21-18-6-4-12-22-14-25-20-7-3-2-5-17(20)15-8-10-16(11-9-15)24-13-19(18)22/h2-3,5,7,15-16,18-19,21H,4,6,8-14H2,1H3. The summed E-state index contributed by atoms with van der Waals surface area (Å²) in [6.45, 7) is 2.25. The van der Waals surface area contributed by atoms with Crippen LogP contribution in [0.5, 0.6) is 5.75 Å². The quantitative estimate of drug-likeness (QED) is 0.860. The van der Waals surface area contributed by atoms with Crippen molar-refractivity contribution in [2.45, 2.75) is 62.6 Å². The third-order valence-corrected chi connectivity index (χ3v) is 6.77. The molecule has 144 valence electrons. The number of rotatable bonds is 2. The number of piperidine rings is 1. The SMILES string of the molecule is CS(=O)NC1CCCN2COc3ccccc3C3CCC(CC3)OCC12. The smallest absolute Gasteiger partial charge is 0.142 e. The van der Waals surface area contributed by atoms with Crippen molar-refractivity contribution >= 4 is 11.0 Å². The summed E-state index contributed by atoms with van der Waals surface area (Å²) in [7, 11) is -1.01. The summed E-state index contributed by atoms with van der Waals surface area (Å²) in [6.07, 6.45) is 8.75. The normalized spacial score (nSPS) is 33.9. The Kier molecular flexibility index (Phi) is 5.93. The first kappa shape index (κ1) is 18.4. The van der Waals surface area contributed by atoms with Crippen LogP contribution in [0.4, 0.5) is 0 Å². The van der Waals surface area contributed by atoms with E-state index in [1.165, 1.54) is 18.4 Å². The molecule has 5 nitrogen and oxygen atoms in total. The number of hydrogen-bond acceptors (Lipinski definition) is 4. The first-order valence-corrected chi connectivity index (χ1v) is 11.4. The average Bonchev–Trinajstić information content (AvgIpc) is 2.65. The highest BCUT2D eigenvalue weighted by Crippen LogP contribution is 2.39. The molecule has 1 saturated heterocycles. The van der Waals surface area contributed by atoms with E-state index in [2.05, 4.69) is 33.9 Å². The molecule has 4 aliphatic rings. The van der Waals surface area contributed by atoms with Crippen molar-refractivity contribution < 1.29 is 13.7 Å². The van der Waals surface area contributed by atoms with E-state index in [4.69, 9.17) is 9.47 Å². The van der Waals surface area contributed by atoms with Gasteiger partial charge in [-0.1, -0.05) is 18.2 Å². The molecule has 1 aliphatic carbocycles. The van der Waals surface area contributed by atoms with Crippen LogP contribution in [0.25, 0.3) is 0 Å². The maximum Gasteiger partial charge on any atom is 0.142 e. The molecule has 3 atom stereocenters. The van der Waals surface area contributed by atoms with Gasteiger partial charge in [0.15, 0.2) is 0 Å². The molecule has 1 saturated carbocycles. The summed E-state index contributed by atoms with van der Waals surface area (Å²) in [4.78, 5) is 2.36. The number of fused-ring (bicyclic) bond motifs is 4. The highest BCUT2D eigenvalue weighted by molar-refractivity contribution is 7.82. The van der Waals surface area contributed by atoms with Gasteiger partial charge in [0.25, 0.3) is 0 Å². The number of hydrogen-bond donors (Lipinski definition) is 1. The zero-order chi connectivity index (χ0) is 17.9. The van der Waals surface area contributed by atoms with Gasteiger partial charge in [0.05, 0.1) is 29.7 Å². The van der Waals surface area contributed by atoms with Crippen molar-refractivity contribution in [1.29, 1.82) is 0 Å². The van der Waals surface area contributed by atoms with Gasteiger partial charge in [0.1, 0.15) is 12.5 Å². The number of nitrogens with zero attached hydrogens (tertiary/aromatic N) is 1. The highest BCUT2D eigenvalue weighted by Gasteiger charge is 2.35. The minimum absolute atomic E-state index is 0.188. The van der Waals surface area contributed by atoms with Crippen molar-refractivity contribution in [2.24, 2.45) is 0 Å². The van der Waals surface area contributed by atoms with Gasteiger partial charge in [0, 0.05) is 18.8 Å². The fourth-order valence-electron chi connectivity index (χ4n) is 4.74. The van der Waals surface area contributed by atoms with E-state index in [0.29, 0.717) is 25.4 Å². The number of nitrogens with one attached hydrogen (secondary N) is 1. The molecule has 3 aliphatic heterocycles.